The van der Waals surface area contributed by atoms with E-state index in [0.29, 0.717) is 6.04 Å². The normalized spacial score (nSPS) is 12.8. The lowest BCUT2D eigenvalue weighted by Gasteiger charge is -2.09. The van der Waals surface area contributed by atoms with Crippen LogP contribution >= 0.6 is 0 Å². The van der Waals surface area contributed by atoms with Gasteiger partial charge in [0, 0.05) is 5.56 Å². The number of aliphatic hydroxyl groups is 1. The molecule has 0 unspecified atom stereocenters. The van der Waals surface area contributed by atoms with Crippen LogP contribution < -0.4 is 5.32 Å². The molecule has 0 heterocycles. The Balaban J connectivity index is 2.48. The van der Waals surface area contributed by atoms with Crippen LogP contribution in [0.25, 0.3) is 0 Å². The zero-order valence-corrected chi connectivity index (χ0v) is 7.40. The SMILES string of the molecule is C[C@@H]([NH2+]CCO)c1ccccc1. The quantitative estimate of drug-likeness (QED) is 0.663. The third kappa shape index (κ3) is 2.64. The minimum Gasteiger partial charge on any atom is -0.391 e. The minimum atomic E-state index is 0.247. The summed E-state index contributed by atoms with van der Waals surface area (Å²) < 4.78 is 0. The Kier molecular flexibility index (Phi) is 3.77. The highest BCUT2D eigenvalue weighted by atomic mass is 16.3. The molecule has 1 rings (SSSR count). The van der Waals surface area contributed by atoms with Crippen LogP contribution in [-0.2, 0) is 0 Å². The number of benzene rings is 1. The van der Waals surface area contributed by atoms with E-state index in [2.05, 4.69) is 24.4 Å². The second-order valence-electron chi connectivity index (χ2n) is 2.95. The van der Waals surface area contributed by atoms with E-state index in [1.807, 2.05) is 18.2 Å². The highest BCUT2D eigenvalue weighted by molar-refractivity contribution is 5.16. The first kappa shape index (κ1) is 9.23. The van der Waals surface area contributed by atoms with Crippen LogP contribution in [0.1, 0.15) is 18.5 Å². The summed E-state index contributed by atoms with van der Waals surface area (Å²) in [5, 5.41) is 10.8. The van der Waals surface area contributed by atoms with Gasteiger partial charge in [-0.3, -0.25) is 0 Å². The number of quaternary nitrogens is 1. The Hall–Kier alpha value is -0.860. The van der Waals surface area contributed by atoms with Gasteiger partial charge in [-0.1, -0.05) is 30.3 Å². The van der Waals surface area contributed by atoms with E-state index in [1.54, 1.807) is 0 Å². The van der Waals surface area contributed by atoms with E-state index >= 15 is 0 Å². The second kappa shape index (κ2) is 4.91. The lowest BCUT2D eigenvalue weighted by molar-refractivity contribution is -0.693. The van der Waals surface area contributed by atoms with E-state index in [0.717, 1.165) is 6.54 Å². The van der Waals surface area contributed by atoms with Crippen LogP contribution in [0.4, 0.5) is 0 Å². The van der Waals surface area contributed by atoms with Crippen molar-refractivity contribution in [2.75, 3.05) is 13.2 Å². The molecule has 12 heavy (non-hydrogen) atoms. The first-order valence-electron chi connectivity index (χ1n) is 4.33. The fourth-order valence-electron chi connectivity index (χ4n) is 1.22. The van der Waals surface area contributed by atoms with Crippen molar-refractivity contribution in [2.45, 2.75) is 13.0 Å². The second-order valence-corrected chi connectivity index (χ2v) is 2.95. The molecule has 2 nitrogen and oxygen atoms in total. The fourth-order valence-corrected chi connectivity index (χ4v) is 1.22. The molecule has 0 spiro atoms. The first-order chi connectivity index (χ1) is 5.84. The Morgan fingerprint density at radius 3 is 2.58 bits per heavy atom. The Bertz CT molecular complexity index is 210. The molecule has 1 aromatic rings. The topological polar surface area (TPSA) is 36.8 Å². The molecule has 0 aliphatic heterocycles. The third-order valence-corrected chi connectivity index (χ3v) is 1.97. The largest absolute Gasteiger partial charge is 0.391 e. The predicted octanol–water partition coefficient (Wildman–Crippen LogP) is 0.303. The fraction of sp³-hybridized carbons (Fsp3) is 0.400. The molecule has 1 aromatic carbocycles. The molecule has 3 N–H and O–H groups in total. The van der Waals surface area contributed by atoms with Gasteiger partial charge in [-0.2, -0.15) is 0 Å². The van der Waals surface area contributed by atoms with E-state index in [9.17, 15) is 0 Å². The van der Waals surface area contributed by atoms with Crippen molar-refractivity contribution in [1.82, 2.24) is 0 Å². The molecule has 0 aliphatic carbocycles. The lowest BCUT2D eigenvalue weighted by Crippen LogP contribution is -2.85. The maximum atomic E-state index is 8.63. The van der Waals surface area contributed by atoms with Gasteiger partial charge in [0.2, 0.25) is 0 Å². The molecular formula is C10H16NO+. The molecule has 66 valence electrons. The molecule has 0 radical (unpaired) electrons. The highest BCUT2D eigenvalue weighted by Gasteiger charge is 2.05. The molecular weight excluding hydrogens is 150 g/mol. The molecule has 1 atom stereocenters. The summed E-state index contributed by atoms with van der Waals surface area (Å²) in [7, 11) is 0. The standard InChI is InChI=1S/C10H15NO/c1-9(11-7-8-12)10-5-3-2-4-6-10/h2-6,9,11-12H,7-8H2,1H3/p+1/t9-/m1/s1. The van der Waals surface area contributed by atoms with Gasteiger partial charge in [0.25, 0.3) is 0 Å². The number of nitrogens with two attached hydrogens (primary N) is 1. The smallest absolute Gasteiger partial charge is 0.109 e. The summed E-state index contributed by atoms with van der Waals surface area (Å²) in [6, 6.07) is 10.8. The number of rotatable bonds is 4. The summed E-state index contributed by atoms with van der Waals surface area (Å²) in [5.74, 6) is 0. The summed E-state index contributed by atoms with van der Waals surface area (Å²) >= 11 is 0. The first-order valence-corrected chi connectivity index (χ1v) is 4.33. The predicted molar refractivity (Wildman–Crippen MR) is 48.7 cm³/mol. The summed E-state index contributed by atoms with van der Waals surface area (Å²) in [4.78, 5) is 0. The van der Waals surface area contributed by atoms with E-state index in [-0.39, 0.29) is 6.61 Å². The van der Waals surface area contributed by atoms with Gasteiger partial charge < -0.3 is 10.4 Å². The molecule has 0 aliphatic rings. The zero-order chi connectivity index (χ0) is 8.81. The van der Waals surface area contributed by atoms with E-state index in [1.165, 1.54) is 5.56 Å². The monoisotopic (exact) mass is 166 g/mol. The maximum absolute atomic E-state index is 8.63. The van der Waals surface area contributed by atoms with Gasteiger partial charge in [-0.15, -0.1) is 0 Å². The van der Waals surface area contributed by atoms with E-state index < -0.39 is 0 Å². The van der Waals surface area contributed by atoms with Gasteiger partial charge in [0.15, 0.2) is 0 Å². The Morgan fingerprint density at radius 1 is 1.33 bits per heavy atom. The third-order valence-electron chi connectivity index (χ3n) is 1.97. The Labute approximate surface area is 73.2 Å². The van der Waals surface area contributed by atoms with Crippen molar-refractivity contribution in [3.05, 3.63) is 35.9 Å². The van der Waals surface area contributed by atoms with Crippen molar-refractivity contribution in [1.29, 1.82) is 0 Å². The van der Waals surface area contributed by atoms with Crippen LogP contribution in [0, 0.1) is 0 Å². The maximum Gasteiger partial charge on any atom is 0.109 e. The van der Waals surface area contributed by atoms with Gasteiger partial charge in [0.05, 0.1) is 13.2 Å². The van der Waals surface area contributed by atoms with Gasteiger partial charge in [-0.05, 0) is 6.92 Å². The van der Waals surface area contributed by atoms with Gasteiger partial charge >= 0.3 is 0 Å². The highest BCUT2D eigenvalue weighted by Crippen LogP contribution is 2.05. The van der Waals surface area contributed by atoms with Crippen LogP contribution in [0.3, 0.4) is 0 Å². The van der Waals surface area contributed by atoms with Crippen molar-refractivity contribution in [3.8, 4) is 0 Å². The van der Waals surface area contributed by atoms with Crippen LogP contribution in [0.2, 0.25) is 0 Å². The van der Waals surface area contributed by atoms with Crippen molar-refractivity contribution >= 4 is 0 Å². The molecule has 0 aromatic heterocycles. The summed E-state index contributed by atoms with van der Waals surface area (Å²) in [6.45, 7) is 3.16. The molecule has 2 heteroatoms. The Morgan fingerprint density at radius 2 is 2.00 bits per heavy atom. The molecule has 0 saturated carbocycles. The number of aliphatic hydroxyl groups excluding tert-OH is 1. The minimum absolute atomic E-state index is 0.247. The van der Waals surface area contributed by atoms with Gasteiger partial charge in [0.1, 0.15) is 6.04 Å². The van der Waals surface area contributed by atoms with Crippen molar-refractivity contribution < 1.29 is 10.4 Å². The number of hydrogen-bond acceptors (Lipinski definition) is 1. The molecule has 0 saturated heterocycles. The number of hydrogen-bond donors (Lipinski definition) is 2. The van der Waals surface area contributed by atoms with Crippen LogP contribution in [0.15, 0.2) is 30.3 Å². The van der Waals surface area contributed by atoms with Crippen LogP contribution in [-0.4, -0.2) is 18.3 Å². The van der Waals surface area contributed by atoms with Crippen molar-refractivity contribution in [3.63, 3.8) is 0 Å². The summed E-state index contributed by atoms with van der Waals surface area (Å²) in [6.07, 6.45) is 0. The van der Waals surface area contributed by atoms with E-state index in [4.69, 9.17) is 5.11 Å². The lowest BCUT2D eigenvalue weighted by atomic mass is 10.1. The zero-order valence-electron chi connectivity index (χ0n) is 7.40. The molecule has 0 amide bonds. The molecule has 0 fully saturated rings. The van der Waals surface area contributed by atoms with Crippen LogP contribution in [0.5, 0.6) is 0 Å². The average Bonchev–Trinajstić information content (AvgIpc) is 2.15. The average molecular weight is 166 g/mol. The summed E-state index contributed by atoms with van der Waals surface area (Å²) in [5.41, 5.74) is 1.31. The molecule has 0 bridgehead atoms. The van der Waals surface area contributed by atoms with Crippen molar-refractivity contribution in [2.24, 2.45) is 0 Å². The van der Waals surface area contributed by atoms with Gasteiger partial charge in [-0.25, -0.2) is 0 Å².